The molecule has 0 saturated heterocycles. The summed E-state index contributed by atoms with van der Waals surface area (Å²) in [6.07, 6.45) is 0. The Morgan fingerprint density at radius 1 is 1.00 bits per heavy atom. The van der Waals surface area contributed by atoms with Crippen molar-refractivity contribution < 1.29 is 14.4 Å². The van der Waals surface area contributed by atoms with E-state index in [1.165, 1.54) is 15.6 Å². The molecule has 8 nitrogen and oxygen atoms in total. The van der Waals surface area contributed by atoms with E-state index in [1.54, 1.807) is 14.0 Å². The third-order valence-corrected chi connectivity index (χ3v) is 6.09. The van der Waals surface area contributed by atoms with Gasteiger partial charge in [0.05, 0.1) is 6.54 Å². The number of hydrogen-bond acceptors (Lipinski definition) is 4. The highest BCUT2D eigenvalue weighted by Gasteiger charge is 2.46. The van der Waals surface area contributed by atoms with Gasteiger partial charge < -0.3 is 15.5 Å². The Hall–Kier alpha value is -3.94. The fourth-order valence-corrected chi connectivity index (χ4v) is 3.79. The number of nitrogens with one attached hydrogen (secondary N) is 2. The van der Waals surface area contributed by atoms with Gasteiger partial charge in [-0.3, -0.25) is 19.1 Å². The molecular formula is C25H27N5O3. The van der Waals surface area contributed by atoms with Gasteiger partial charge >= 0.3 is 0 Å². The molecule has 0 aliphatic carbocycles. The van der Waals surface area contributed by atoms with Crippen LogP contribution in [0, 0.1) is 6.92 Å². The predicted octanol–water partition coefficient (Wildman–Crippen LogP) is 2.28. The normalized spacial score (nSPS) is 17.4. The smallest absolute Gasteiger partial charge is 0.272 e. The lowest BCUT2D eigenvalue weighted by Crippen LogP contribution is -2.62. The molecule has 0 saturated carbocycles. The Morgan fingerprint density at radius 2 is 1.64 bits per heavy atom. The van der Waals surface area contributed by atoms with Gasteiger partial charge in [0.25, 0.3) is 11.8 Å². The summed E-state index contributed by atoms with van der Waals surface area (Å²) >= 11 is 0. The lowest BCUT2D eigenvalue weighted by Gasteiger charge is -2.40. The van der Waals surface area contributed by atoms with Gasteiger partial charge in [0.2, 0.25) is 5.91 Å². The highest BCUT2D eigenvalue weighted by Crippen LogP contribution is 2.26. The van der Waals surface area contributed by atoms with E-state index in [0.29, 0.717) is 13.1 Å². The number of aryl methyl sites for hydroxylation is 1. The molecular weight excluding hydrogens is 418 g/mol. The van der Waals surface area contributed by atoms with Crippen molar-refractivity contribution in [3.05, 3.63) is 88.7 Å². The van der Waals surface area contributed by atoms with E-state index >= 15 is 0 Å². The number of likely N-dealkylation sites (N-methyl/N-ethyl adjacent to an activating group) is 1. The highest BCUT2D eigenvalue weighted by atomic mass is 16.2. The standard InChI is InChI=1S/C25H27N5O3/c1-17-9-11-19(12-10-17)14-26-22(31)20-13-21-23(32)29(3)25(2,16-30(21)28-20)24(33)27-15-18-7-5-4-6-8-18/h4-13H,14-16H2,1-3H3,(H,26,31)(H,27,33)/t25-/m0/s1. The van der Waals surface area contributed by atoms with Crippen molar-refractivity contribution in [1.29, 1.82) is 0 Å². The van der Waals surface area contributed by atoms with Crippen molar-refractivity contribution in [3.8, 4) is 0 Å². The first-order chi connectivity index (χ1) is 15.8. The van der Waals surface area contributed by atoms with Gasteiger partial charge in [-0.15, -0.1) is 0 Å². The summed E-state index contributed by atoms with van der Waals surface area (Å²) in [5.41, 5.74) is 2.37. The maximum atomic E-state index is 13.1. The number of rotatable bonds is 6. The average molecular weight is 446 g/mol. The molecule has 0 bridgehead atoms. The van der Waals surface area contributed by atoms with Crippen molar-refractivity contribution in [2.75, 3.05) is 7.05 Å². The van der Waals surface area contributed by atoms with Crippen molar-refractivity contribution in [2.24, 2.45) is 0 Å². The van der Waals surface area contributed by atoms with Gasteiger partial charge in [0.15, 0.2) is 5.69 Å². The quantitative estimate of drug-likeness (QED) is 0.608. The van der Waals surface area contributed by atoms with Crippen LogP contribution >= 0.6 is 0 Å². The number of benzene rings is 2. The van der Waals surface area contributed by atoms with Gasteiger partial charge in [0.1, 0.15) is 11.2 Å². The monoisotopic (exact) mass is 445 g/mol. The summed E-state index contributed by atoms with van der Waals surface area (Å²) < 4.78 is 1.45. The number of aromatic nitrogens is 2. The van der Waals surface area contributed by atoms with Crippen LogP contribution in [0.2, 0.25) is 0 Å². The first-order valence-electron chi connectivity index (χ1n) is 10.8. The number of amides is 3. The molecule has 170 valence electrons. The van der Waals surface area contributed by atoms with Gasteiger partial charge in [-0.1, -0.05) is 60.2 Å². The van der Waals surface area contributed by atoms with Gasteiger partial charge in [-0.25, -0.2) is 0 Å². The number of hydrogen-bond donors (Lipinski definition) is 2. The predicted molar refractivity (Wildman–Crippen MR) is 123 cm³/mol. The lowest BCUT2D eigenvalue weighted by molar-refractivity contribution is -0.132. The molecule has 33 heavy (non-hydrogen) atoms. The third-order valence-electron chi connectivity index (χ3n) is 6.09. The number of carbonyl (C=O) groups excluding carboxylic acids is 3. The molecule has 0 unspecified atom stereocenters. The minimum Gasteiger partial charge on any atom is -0.350 e. The minimum absolute atomic E-state index is 0.146. The maximum Gasteiger partial charge on any atom is 0.272 e. The maximum absolute atomic E-state index is 13.1. The van der Waals surface area contributed by atoms with Crippen LogP contribution in [0.25, 0.3) is 0 Å². The molecule has 2 N–H and O–H groups in total. The van der Waals surface area contributed by atoms with Gasteiger partial charge in [-0.05, 0) is 25.0 Å². The van der Waals surface area contributed by atoms with Crippen molar-refractivity contribution in [1.82, 2.24) is 25.3 Å². The molecule has 0 radical (unpaired) electrons. The summed E-state index contributed by atoms with van der Waals surface area (Å²) in [5, 5.41) is 10.1. The molecule has 0 spiro atoms. The van der Waals surface area contributed by atoms with E-state index in [4.69, 9.17) is 0 Å². The number of fused-ring (bicyclic) bond motifs is 1. The highest BCUT2D eigenvalue weighted by molar-refractivity contribution is 6.01. The van der Waals surface area contributed by atoms with Crippen LogP contribution in [0.3, 0.4) is 0 Å². The zero-order valence-corrected chi connectivity index (χ0v) is 19.0. The Balaban J connectivity index is 1.47. The molecule has 1 aliphatic rings. The Bertz CT molecular complexity index is 1190. The number of carbonyl (C=O) groups is 3. The summed E-state index contributed by atoms with van der Waals surface area (Å²) in [5.74, 6) is -1.01. The first-order valence-corrected chi connectivity index (χ1v) is 10.8. The fourth-order valence-electron chi connectivity index (χ4n) is 3.79. The summed E-state index contributed by atoms with van der Waals surface area (Å²) in [6, 6.07) is 18.9. The number of nitrogens with zero attached hydrogens (tertiary/aromatic N) is 3. The largest absolute Gasteiger partial charge is 0.350 e. The molecule has 1 atom stereocenters. The van der Waals surface area contributed by atoms with Gasteiger partial charge in [0, 0.05) is 26.2 Å². The van der Waals surface area contributed by atoms with E-state index in [0.717, 1.165) is 16.7 Å². The second-order valence-electron chi connectivity index (χ2n) is 8.55. The molecule has 1 aromatic heterocycles. The zero-order valence-electron chi connectivity index (χ0n) is 19.0. The third kappa shape index (κ3) is 4.50. The van der Waals surface area contributed by atoms with Crippen LogP contribution in [0.15, 0.2) is 60.7 Å². The molecule has 3 amide bonds. The van der Waals surface area contributed by atoms with Crippen molar-refractivity contribution >= 4 is 17.7 Å². The van der Waals surface area contributed by atoms with Crippen LogP contribution in [0.5, 0.6) is 0 Å². The molecule has 1 aliphatic heterocycles. The Morgan fingerprint density at radius 3 is 2.33 bits per heavy atom. The molecule has 4 rings (SSSR count). The van der Waals surface area contributed by atoms with E-state index < -0.39 is 5.54 Å². The molecule has 8 heteroatoms. The van der Waals surface area contributed by atoms with E-state index in [9.17, 15) is 14.4 Å². The fraction of sp³-hybridized carbons (Fsp3) is 0.280. The van der Waals surface area contributed by atoms with Crippen LogP contribution in [-0.2, 0) is 24.4 Å². The topological polar surface area (TPSA) is 96.3 Å². The van der Waals surface area contributed by atoms with E-state index in [1.807, 2.05) is 61.5 Å². The van der Waals surface area contributed by atoms with Crippen LogP contribution in [-0.4, -0.2) is 45.0 Å². The molecule has 0 fully saturated rings. The lowest BCUT2D eigenvalue weighted by atomic mass is 9.96. The first kappa shape index (κ1) is 22.3. The molecule has 3 aromatic rings. The van der Waals surface area contributed by atoms with Crippen molar-refractivity contribution in [3.63, 3.8) is 0 Å². The van der Waals surface area contributed by atoms with E-state index in [-0.39, 0.29) is 35.7 Å². The van der Waals surface area contributed by atoms with Gasteiger partial charge in [-0.2, -0.15) is 5.10 Å². The summed E-state index contributed by atoms with van der Waals surface area (Å²) in [6.45, 7) is 4.57. The van der Waals surface area contributed by atoms with Crippen LogP contribution < -0.4 is 10.6 Å². The summed E-state index contributed by atoms with van der Waals surface area (Å²) in [4.78, 5) is 40.1. The Labute approximate surface area is 192 Å². The SMILES string of the molecule is Cc1ccc(CNC(=O)c2cc3n(n2)C[C@@](C)(C(=O)NCc2ccccc2)N(C)C3=O)cc1. The minimum atomic E-state index is -1.14. The second-order valence-corrected chi connectivity index (χ2v) is 8.55. The Kier molecular flexibility index (Phi) is 6.00. The summed E-state index contributed by atoms with van der Waals surface area (Å²) in [7, 11) is 1.60. The molecule has 2 heterocycles. The average Bonchev–Trinajstić information content (AvgIpc) is 3.25. The van der Waals surface area contributed by atoms with Crippen LogP contribution in [0.1, 0.15) is 44.6 Å². The van der Waals surface area contributed by atoms with Crippen molar-refractivity contribution in [2.45, 2.75) is 39.0 Å². The molecule has 2 aromatic carbocycles. The second kappa shape index (κ2) is 8.90. The zero-order chi connectivity index (χ0) is 23.6. The van der Waals surface area contributed by atoms with E-state index in [2.05, 4.69) is 15.7 Å². The van der Waals surface area contributed by atoms with Crippen LogP contribution in [0.4, 0.5) is 0 Å².